The Labute approximate surface area is 367 Å². The van der Waals surface area contributed by atoms with Crippen LogP contribution in [0.1, 0.15) is 174 Å². The van der Waals surface area contributed by atoms with E-state index in [-0.39, 0.29) is 19.4 Å². The van der Waals surface area contributed by atoms with E-state index in [1.54, 1.807) is 0 Å². The number of hydrogen-bond acceptors (Lipinski definition) is 11. The van der Waals surface area contributed by atoms with E-state index >= 15 is 0 Å². The van der Waals surface area contributed by atoms with E-state index in [2.05, 4.69) is 59.4 Å². The molecule has 356 valence electrons. The van der Waals surface area contributed by atoms with Gasteiger partial charge in [-0.25, -0.2) is 9.13 Å². The fourth-order valence-corrected chi connectivity index (χ4v) is 7.13. The molecule has 0 bridgehead atoms. The Balaban J connectivity index is 4.57. The van der Waals surface area contributed by atoms with E-state index in [0.29, 0.717) is 19.3 Å². The van der Waals surface area contributed by atoms with Crippen LogP contribution < -0.4 is 0 Å². The lowest BCUT2D eigenvalue weighted by Gasteiger charge is -2.20. The summed E-state index contributed by atoms with van der Waals surface area (Å²) < 4.78 is 47.7. The van der Waals surface area contributed by atoms with Crippen LogP contribution in [-0.2, 0) is 41.8 Å². The van der Waals surface area contributed by atoms with Gasteiger partial charge in [0.05, 0.1) is 19.8 Å². The summed E-state index contributed by atoms with van der Waals surface area (Å²) in [6.45, 7) is 2.03. The first-order chi connectivity index (χ1) is 29.2. The van der Waals surface area contributed by atoms with Crippen molar-refractivity contribution in [3.05, 3.63) is 48.6 Å². The van der Waals surface area contributed by atoms with Crippen LogP contribution >= 0.6 is 15.6 Å². The van der Waals surface area contributed by atoms with Crippen molar-refractivity contribution in [2.75, 3.05) is 33.0 Å². The maximum Gasteiger partial charge on any atom is 0.472 e. The molecule has 0 aliphatic rings. The molecule has 0 radical (unpaired) electrons. The van der Waals surface area contributed by atoms with Crippen molar-refractivity contribution in [1.29, 1.82) is 0 Å². The Hall–Kier alpha value is -1.96. The van der Waals surface area contributed by atoms with Crippen LogP contribution in [-0.4, -0.2) is 82.1 Å². The third kappa shape index (κ3) is 45.9. The zero-order valence-electron chi connectivity index (χ0n) is 37.4. The van der Waals surface area contributed by atoms with Crippen molar-refractivity contribution < 1.29 is 66.7 Å². The predicted molar refractivity (Wildman–Crippen MR) is 240 cm³/mol. The Morgan fingerprint density at radius 1 is 0.525 bits per heavy atom. The van der Waals surface area contributed by atoms with Crippen molar-refractivity contribution in [2.45, 2.75) is 187 Å². The summed E-state index contributed by atoms with van der Waals surface area (Å²) in [5, 5.41) is 18.5. The summed E-state index contributed by atoms with van der Waals surface area (Å²) in [6.07, 6.45) is 38.4. The lowest BCUT2D eigenvalue weighted by molar-refractivity contribution is -0.161. The van der Waals surface area contributed by atoms with Crippen LogP contribution in [0.2, 0.25) is 0 Å². The van der Waals surface area contributed by atoms with Crippen LogP contribution in [0.4, 0.5) is 0 Å². The molecule has 14 nitrogen and oxygen atoms in total. The van der Waals surface area contributed by atoms with Crippen LogP contribution in [0.3, 0.4) is 0 Å². The molecule has 61 heavy (non-hydrogen) atoms. The number of phosphoric acid groups is 2. The molecule has 0 amide bonds. The number of allylic oxidation sites excluding steroid dienone is 8. The minimum absolute atomic E-state index is 0.0458. The molecule has 1 unspecified atom stereocenters. The topological polar surface area (TPSA) is 216 Å². The molecule has 0 aromatic carbocycles. The van der Waals surface area contributed by atoms with Crippen LogP contribution in [0, 0.1) is 5.92 Å². The number of carbonyl (C=O) groups excluding carboxylic acids is 2. The van der Waals surface area contributed by atoms with Gasteiger partial charge in [-0.15, -0.1) is 0 Å². The molecule has 5 N–H and O–H groups in total. The van der Waals surface area contributed by atoms with Gasteiger partial charge in [0.25, 0.3) is 0 Å². The van der Waals surface area contributed by atoms with Crippen molar-refractivity contribution in [3.8, 4) is 0 Å². The third-order valence-electron chi connectivity index (χ3n) is 9.44. The van der Waals surface area contributed by atoms with Crippen molar-refractivity contribution in [2.24, 2.45) is 5.92 Å². The maximum absolute atomic E-state index is 12.7. The highest BCUT2D eigenvalue weighted by Crippen LogP contribution is 2.43. The molecule has 0 aromatic heterocycles. The second kappa shape index (κ2) is 40.8. The standard InChI is InChI=1S/C45H82O14P2/c1-41(2)33-29-25-21-17-13-9-8-11-14-18-22-26-30-34-44(48)55-39-43(40-58-61(53,54)57-38-42(47)37-56-60(50,51)52)59-45(49)35-31-27-23-19-15-10-6-4-3-5-7-12-16-20-24-28-32-36-46/h3,5-6,10,12,16,19,23,41-43,46-47H,4,7-9,11,13-15,17-18,20-22,24-40H2,1-2H3,(H,53,54)(H2,50,51,52)/b5-3-,10-6-,16-12-,23-19-/t42-,43+/m0/s1. The van der Waals surface area contributed by atoms with Gasteiger partial charge in [-0.2, -0.15) is 0 Å². The molecule has 0 aliphatic carbocycles. The molecular weight excluding hydrogens is 826 g/mol. The zero-order chi connectivity index (χ0) is 45.3. The number of unbranched alkanes of at least 4 members (excludes halogenated alkanes) is 16. The van der Waals surface area contributed by atoms with Crippen molar-refractivity contribution in [3.63, 3.8) is 0 Å². The molecule has 0 rings (SSSR count). The summed E-state index contributed by atoms with van der Waals surface area (Å²) >= 11 is 0. The number of rotatable bonds is 43. The highest BCUT2D eigenvalue weighted by molar-refractivity contribution is 7.47. The van der Waals surface area contributed by atoms with Crippen molar-refractivity contribution in [1.82, 2.24) is 0 Å². The fourth-order valence-electron chi connectivity index (χ4n) is 5.98. The molecule has 0 aromatic rings. The maximum atomic E-state index is 12.7. The van der Waals surface area contributed by atoms with E-state index in [4.69, 9.17) is 28.9 Å². The molecule has 0 spiro atoms. The normalized spacial score (nSPS) is 14.5. The SMILES string of the molecule is CC(C)CCCCCCCCCCCCCCCC(=O)OC[C@H](COP(=O)(O)OC[C@@H](O)COP(=O)(O)O)OC(=O)CCC/C=C\C/C=C\C/C=C\C/C=C\CCCCCO. The van der Waals surface area contributed by atoms with Gasteiger partial charge in [0, 0.05) is 19.4 Å². The largest absolute Gasteiger partial charge is 0.472 e. The van der Waals surface area contributed by atoms with Gasteiger partial charge < -0.3 is 34.4 Å². The number of aliphatic hydroxyl groups is 2. The van der Waals surface area contributed by atoms with Gasteiger partial charge in [0.2, 0.25) is 0 Å². The molecule has 0 fully saturated rings. The van der Waals surface area contributed by atoms with Crippen LogP contribution in [0.5, 0.6) is 0 Å². The van der Waals surface area contributed by atoms with Gasteiger partial charge in [-0.05, 0) is 63.7 Å². The van der Waals surface area contributed by atoms with Crippen molar-refractivity contribution >= 4 is 27.6 Å². The molecule has 0 saturated carbocycles. The van der Waals surface area contributed by atoms with E-state index in [0.717, 1.165) is 70.1 Å². The van der Waals surface area contributed by atoms with Gasteiger partial charge in [-0.3, -0.25) is 23.2 Å². The summed E-state index contributed by atoms with van der Waals surface area (Å²) in [5.74, 6) is -0.309. The molecule has 0 saturated heterocycles. The Kier molecular flexibility index (Phi) is 39.5. The third-order valence-corrected chi connectivity index (χ3v) is 10.9. The smallest absolute Gasteiger partial charge is 0.462 e. The Bertz CT molecular complexity index is 1280. The monoisotopic (exact) mass is 909 g/mol. The Morgan fingerprint density at radius 3 is 1.49 bits per heavy atom. The van der Waals surface area contributed by atoms with Gasteiger partial charge in [-0.1, -0.05) is 152 Å². The summed E-state index contributed by atoms with van der Waals surface area (Å²) in [5.41, 5.74) is 0. The van der Waals surface area contributed by atoms with E-state index in [9.17, 15) is 28.7 Å². The first-order valence-electron chi connectivity index (χ1n) is 22.8. The first kappa shape index (κ1) is 59.0. The highest BCUT2D eigenvalue weighted by atomic mass is 31.2. The van der Waals surface area contributed by atoms with E-state index < -0.39 is 66.2 Å². The Morgan fingerprint density at radius 2 is 0.967 bits per heavy atom. The number of esters is 2. The number of ether oxygens (including phenoxy) is 2. The lowest BCUT2D eigenvalue weighted by Crippen LogP contribution is -2.29. The summed E-state index contributed by atoms with van der Waals surface area (Å²) in [4.78, 5) is 52.7. The molecule has 16 heteroatoms. The number of aliphatic hydroxyl groups excluding tert-OH is 2. The highest BCUT2D eigenvalue weighted by Gasteiger charge is 2.28. The first-order valence-corrected chi connectivity index (χ1v) is 25.8. The number of carbonyl (C=O) groups is 2. The minimum atomic E-state index is -4.87. The van der Waals surface area contributed by atoms with Crippen LogP contribution in [0.15, 0.2) is 48.6 Å². The average molecular weight is 909 g/mol. The van der Waals surface area contributed by atoms with E-state index in [1.165, 1.54) is 64.2 Å². The van der Waals surface area contributed by atoms with Gasteiger partial charge in [0.15, 0.2) is 6.10 Å². The molecule has 0 heterocycles. The minimum Gasteiger partial charge on any atom is -0.462 e. The molecular formula is C45H82O14P2. The quantitative estimate of drug-likeness (QED) is 0.0167. The lowest BCUT2D eigenvalue weighted by atomic mass is 10.0. The number of phosphoric ester groups is 2. The van der Waals surface area contributed by atoms with Gasteiger partial charge in [0.1, 0.15) is 12.7 Å². The average Bonchev–Trinajstić information content (AvgIpc) is 3.20. The summed E-state index contributed by atoms with van der Waals surface area (Å²) in [6, 6.07) is 0. The fraction of sp³-hybridized carbons (Fsp3) is 0.778. The second-order valence-electron chi connectivity index (χ2n) is 15.9. The van der Waals surface area contributed by atoms with E-state index in [1.807, 2.05) is 12.2 Å². The summed E-state index contributed by atoms with van der Waals surface area (Å²) in [7, 11) is -9.70. The number of hydrogen-bond donors (Lipinski definition) is 5. The molecule has 0 aliphatic heterocycles. The van der Waals surface area contributed by atoms with Gasteiger partial charge >= 0.3 is 27.6 Å². The second-order valence-corrected chi connectivity index (χ2v) is 18.6. The zero-order valence-corrected chi connectivity index (χ0v) is 39.2. The molecule has 3 atom stereocenters. The van der Waals surface area contributed by atoms with Crippen LogP contribution in [0.25, 0.3) is 0 Å². The predicted octanol–water partition coefficient (Wildman–Crippen LogP) is 10.7.